The molecule has 1 unspecified atom stereocenters. The van der Waals surface area contributed by atoms with Gasteiger partial charge in [0.2, 0.25) is 0 Å². The Bertz CT molecular complexity index is 139. The molecule has 1 N–H and O–H groups in total. The molecule has 0 fully saturated rings. The normalized spacial score (nSPS) is 11.4. The Morgan fingerprint density at radius 1 is 1.70 bits per heavy atom. The van der Waals surface area contributed by atoms with Gasteiger partial charge in [-0.1, -0.05) is 31.3 Å². The fraction of sp³-hybridized carbons (Fsp3) is 0.556. The van der Waals surface area contributed by atoms with E-state index in [2.05, 4.69) is 18.4 Å². The first kappa shape index (κ1) is 9.26. The molecule has 1 heteroatoms. The highest BCUT2D eigenvalue weighted by molar-refractivity contribution is 5.07. The Balaban J connectivity index is 3.46. The summed E-state index contributed by atoms with van der Waals surface area (Å²) in [5.74, 6) is 5.52. The number of aliphatic hydroxyl groups excluding tert-OH is 1. The fourth-order valence-corrected chi connectivity index (χ4v) is 0.595. The minimum absolute atomic E-state index is 0.440. The third kappa shape index (κ3) is 5.40. The van der Waals surface area contributed by atoms with Crippen molar-refractivity contribution in [1.29, 1.82) is 0 Å². The summed E-state index contributed by atoms with van der Waals surface area (Å²) in [5.41, 5.74) is 0. The molecule has 0 saturated heterocycles. The van der Waals surface area contributed by atoms with Crippen molar-refractivity contribution < 1.29 is 5.11 Å². The Labute approximate surface area is 62.8 Å². The van der Waals surface area contributed by atoms with E-state index >= 15 is 0 Å². The Morgan fingerprint density at radius 2 is 2.40 bits per heavy atom. The predicted molar refractivity (Wildman–Crippen MR) is 43.5 cm³/mol. The van der Waals surface area contributed by atoms with E-state index < -0.39 is 6.10 Å². The molecule has 0 amide bonds. The molecule has 0 rings (SSSR count). The van der Waals surface area contributed by atoms with Crippen LogP contribution in [0, 0.1) is 11.8 Å². The van der Waals surface area contributed by atoms with Crippen LogP contribution in [0.1, 0.15) is 26.2 Å². The monoisotopic (exact) mass is 138 g/mol. The van der Waals surface area contributed by atoms with E-state index in [1.54, 1.807) is 6.08 Å². The second kappa shape index (κ2) is 6.38. The molecule has 0 aliphatic carbocycles. The molecule has 10 heavy (non-hydrogen) atoms. The number of allylic oxidation sites excluding steroid dienone is 1. The van der Waals surface area contributed by atoms with Crippen molar-refractivity contribution in [3.05, 3.63) is 12.7 Å². The van der Waals surface area contributed by atoms with Gasteiger partial charge in [0, 0.05) is 6.42 Å². The van der Waals surface area contributed by atoms with Crippen LogP contribution in [0.25, 0.3) is 0 Å². The van der Waals surface area contributed by atoms with Gasteiger partial charge in [-0.25, -0.2) is 0 Å². The first-order chi connectivity index (χ1) is 4.81. The summed E-state index contributed by atoms with van der Waals surface area (Å²) in [6.07, 6.45) is 3.70. The molecular weight excluding hydrogens is 124 g/mol. The lowest BCUT2D eigenvalue weighted by molar-refractivity contribution is 0.221. The molecule has 0 bridgehead atoms. The Kier molecular flexibility index (Phi) is 5.91. The summed E-state index contributed by atoms with van der Waals surface area (Å²) in [4.78, 5) is 0. The summed E-state index contributed by atoms with van der Waals surface area (Å²) in [7, 11) is 0. The molecule has 0 aromatic heterocycles. The van der Waals surface area contributed by atoms with Crippen LogP contribution in [0.15, 0.2) is 12.7 Å². The molecule has 1 nitrogen and oxygen atoms in total. The topological polar surface area (TPSA) is 20.2 Å². The number of hydrogen-bond acceptors (Lipinski definition) is 1. The summed E-state index contributed by atoms with van der Waals surface area (Å²) in [5, 5.41) is 9.07. The highest BCUT2D eigenvalue weighted by Crippen LogP contribution is 1.93. The van der Waals surface area contributed by atoms with Crippen LogP contribution in [0.5, 0.6) is 0 Å². The van der Waals surface area contributed by atoms with Gasteiger partial charge >= 0.3 is 0 Å². The molecule has 56 valence electrons. The lowest BCUT2D eigenvalue weighted by Crippen LogP contribution is -2.00. The first-order valence-corrected chi connectivity index (χ1v) is 3.58. The van der Waals surface area contributed by atoms with Gasteiger partial charge in [0.15, 0.2) is 0 Å². The van der Waals surface area contributed by atoms with E-state index in [4.69, 9.17) is 5.11 Å². The summed E-state index contributed by atoms with van der Waals surface area (Å²) in [6, 6.07) is 0. The standard InChI is InChI=1S/C9H14O/c1-3-5-6-8-9(10)7-4-2/h3,9-10H,1,4-5,7H2,2H3. The molecular formula is C9H14O. The second-order valence-corrected chi connectivity index (χ2v) is 2.12. The zero-order chi connectivity index (χ0) is 7.82. The number of rotatable bonds is 3. The summed E-state index contributed by atoms with van der Waals surface area (Å²) < 4.78 is 0. The maximum atomic E-state index is 9.07. The van der Waals surface area contributed by atoms with E-state index in [9.17, 15) is 0 Å². The third-order valence-corrected chi connectivity index (χ3v) is 1.08. The highest BCUT2D eigenvalue weighted by atomic mass is 16.3. The lowest BCUT2D eigenvalue weighted by Gasteiger charge is -1.96. The SMILES string of the molecule is C=CCC#CC(O)CCC. The predicted octanol–water partition coefficient (Wildman–Crippen LogP) is 1.73. The molecule has 0 aliphatic rings. The van der Waals surface area contributed by atoms with Gasteiger partial charge in [-0.15, -0.1) is 6.58 Å². The molecule has 0 radical (unpaired) electrons. The number of hydrogen-bond donors (Lipinski definition) is 1. The third-order valence-electron chi connectivity index (χ3n) is 1.08. The average molecular weight is 138 g/mol. The first-order valence-electron chi connectivity index (χ1n) is 3.58. The van der Waals surface area contributed by atoms with Crippen LogP contribution >= 0.6 is 0 Å². The molecule has 0 spiro atoms. The summed E-state index contributed by atoms with van der Waals surface area (Å²) in [6.45, 7) is 5.55. The van der Waals surface area contributed by atoms with Gasteiger partial charge in [0.05, 0.1) is 0 Å². The van der Waals surface area contributed by atoms with Crippen molar-refractivity contribution in [3.63, 3.8) is 0 Å². The van der Waals surface area contributed by atoms with Crippen molar-refractivity contribution in [3.8, 4) is 11.8 Å². The quantitative estimate of drug-likeness (QED) is 0.465. The molecule has 0 aliphatic heterocycles. The van der Waals surface area contributed by atoms with Crippen LogP contribution in [-0.4, -0.2) is 11.2 Å². The molecule has 0 aromatic rings. The smallest absolute Gasteiger partial charge is 0.114 e. The Morgan fingerprint density at radius 3 is 2.90 bits per heavy atom. The van der Waals surface area contributed by atoms with Gasteiger partial charge < -0.3 is 5.11 Å². The summed E-state index contributed by atoms with van der Waals surface area (Å²) >= 11 is 0. The van der Waals surface area contributed by atoms with Crippen LogP contribution in [0.4, 0.5) is 0 Å². The minimum atomic E-state index is -0.440. The van der Waals surface area contributed by atoms with Gasteiger partial charge in [0.25, 0.3) is 0 Å². The van der Waals surface area contributed by atoms with E-state index in [1.165, 1.54) is 0 Å². The fourth-order valence-electron chi connectivity index (χ4n) is 0.595. The van der Waals surface area contributed by atoms with Gasteiger partial charge in [-0.2, -0.15) is 0 Å². The van der Waals surface area contributed by atoms with E-state index in [0.717, 1.165) is 12.8 Å². The van der Waals surface area contributed by atoms with Crippen molar-refractivity contribution in [2.75, 3.05) is 0 Å². The van der Waals surface area contributed by atoms with E-state index in [0.29, 0.717) is 6.42 Å². The van der Waals surface area contributed by atoms with Gasteiger partial charge in [-0.3, -0.25) is 0 Å². The molecule has 0 heterocycles. The lowest BCUT2D eigenvalue weighted by atomic mass is 10.2. The zero-order valence-electron chi connectivity index (χ0n) is 6.43. The molecule has 0 aromatic carbocycles. The van der Waals surface area contributed by atoms with Gasteiger partial charge in [0.1, 0.15) is 6.10 Å². The highest BCUT2D eigenvalue weighted by Gasteiger charge is 1.93. The van der Waals surface area contributed by atoms with Crippen molar-refractivity contribution in [2.45, 2.75) is 32.3 Å². The van der Waals surface area contributed by atoms with Gasteiger partial charge in [-0.05, 0) is 6.42 Å². The van der Waals surface area contributed by atoms with Crippen molar-refractivity contribution in [2.24, 2.45) is 0 Å². The van der Waals surface area contributed by atoms with Crippen LogP contribution < -0.4 is 0 Å². The average Bonchev–Trinajstić information content (AvgIpc) is 1.89. The molecule has 0 saturated carbocycles. The van der Waals surface area contributed by atoms with Crippen molar-refractivity contribution in [1.82, 2.24) is 0 Å². The minimum Gasteiger partial charge on any atom is -0.380 e. The molecule has 1 atom stereocenters. The largest absolute Gasteiger partial charge is 0.380 e. The maximum absolute atomic E-state index is 9.07. The van der Waals surface area contributed by atoms with Crippen molar-refractivity contribution >= 4 is 0 Å². The van der Waals surface area contributed by atoms with Crippen LogP contribution in [-0.2, 0) is 0 Å². The number of aliphatic hydroxyl groups is 1. The zero-order valence-corrected chi connectivity index (χ0v) is 6.43. The Hall–Kier alpha value is -0.740. The van der Waals surface area contributed by atoms with Crippen LogP contribution in [0.3, 0.4) is 0 Å². The second-order valence-electron chi connectivity index (χ2n) is 2.12. The van der Waals surface area contributed by atoms with Crippen LogP contribution in [0.2, 0.25) is 0 Å². The van der Waals surface area contributed by atoms with E-state index in [1.807, 2.05) is 6.92 Å². The maximum Gasteiger partial charge on any atom is 0.114 e. The van der Waals surface area contributed by atoms with E-state index in [-0.39, 0.29) is 0 Å².